The molecule has 1 amide bonds. The molecule has 0 saturated carbocycles. The van der Waals surface area contributed by atoms with Gasteiger partial charge in [-0.15, -0.1) is 0 Å². The molecule has 0 unspecified atom stereocenters. The molecule has 1 N–H and O–H groups in total. The molecular weight excluding hydrogens is 402 g/mol. The zero-order valence-corrected chi connectivity index (χ0v) is 19.9. The predicted octanol–water partition coefficient (Wildman–Crippen LogP) is 2.10. The van der Waals surface area contributed by atoms with E-state index in [1.54, 1.807) is 0 Å². The molecule has 32 heavy (non-hydrogen) atoms. The Morgan fingerprint density at radius 3 is 2.50 bits per heavy atom. The topological polar surface area (TPSA) is 64.8 Å². The molecule has 0 spiro atoms. The minimum absolute atomic E-state index is 0.107. The molecule has 4 rings (SSSR count). The van der Waals surface area contributed by atoms with Crippen LogP contribution in [-0.2, 0) is 24.9 Å². The highest BCUT2D eigenvalue weighted by Gasteiger charge is 2.41. The fraction of sp³-hybridized carbons (Fsp3) is 0.600. The molecule has 7 heteroatoms. The van der Waals surface area contributed by atoms with Crippen molar-refractivity contribution in [3.05, 3.63) is 52.8 Å². The average Bonchev–Trinajstić information content (AvgIpc) is 3.29. The summed E-state index contributed by atoms with van der Waals surface area (Å²) in [6, 6.07) is 10.7. The maximum Gasteiger partial charge on any atom is 0.240 e. The minimum atomic E-state index is -0.429. The van der Waals surface area contributed by atoms with Crippen LogP contribution in [0.25, 0.3) is 0 Å². The molecule has 3 heterocycles. The summed E-state index contributed by atoms with van der Waals surface area (Å²) in [6.07, 6.45) is 2.17. The van der Waals surface area contributed by atoms with Crippen molar-refractivity contribution in [2.45, 2.75) is 64.4 Å². The van der Waals surface area contributed by atoms with Gasteiger partial charge in [-0.05, 0) is 51.8 Å². The van der Waals surface area contributed by atoms with Gasteiger partial charge in [-0.3, -0.25) is 19.3 Å². The molecule has 1 aromatic heterocycles. The van der Waals surface area contributed by atoms with Crippen LogP contribution in [0.2, 0.25) is 0 Å². The molecule has 2 aliphatic heterocycles. The summed E-state index contributed by atoms with van der Waals surface area (Å²) in [5, 5.41) is 14.9. The summed E-state index contributed by atoms with van der Waals surface area (Å²) in [4.78, 5) is 20.0. The maximum atomic E-state index is 13.4. The van der Waals surface area contributed by atoms with Crippen molar-refractivity contribution in [1.82, 2.24) is 24.5 Å². The number of likely N-dealkylation sites (N-methyl/N-ethyl adjacent to an activating group) is 1. The molecule has 0 radical (unpaired) electrons. The van der Waals surface area contributed by atoms with Gasteiger partial charge in [0, 0.05) is 51.0 Å². The Morgan fingerprint density at radius 1 is 1.19 bits per heavy atom. The van der Waals surface area contributed by atoms with E-state index in [4.69, 9.17) is 0 Å². The lowest BCUT2D eigenvalue weighted by Crippen LogP contribution is -2.51. The summed E-state index contributed by atoms with van der Waals surface area (Å²) in [6.45, 7) is 8.22. The van der Waals surface area contributed by atoms with Crippen molar-refractivity contribution in [1.29, 1.82) is 0 Å². The van der Waals surface area contributed by atoms with Crippen molar-refractivity contribution >= 4 is 5.91 Å². The number of aromatic nitrogens is 2. The summed E-state index contributed by atoms with van der Waals surface area (Å²) in [5.74, 6) is 0.107. The second kappa shape index (κ2) is 9.73. The van der Waals surface area contributed by atoms with Crippen LogP contribution >= 0.6 is 0 Å². The van der Waals surface area contributed by atoms with Crippen LogP contribution < -0.4 is 0 Å². The molecule has 2 aliphatic rings. The van der Waals surface area contributed by atoms with Gasteiger partial charge in [0.15, 0.2) is 0 Å². The normalized spacial score (nSPS) is 23.0. The van der Waals surface area contributed by atoms with Gasteiger partial charge in [-0.2, -0.15) is 5.10 Å². The summed E-state index contributed by atoms with van der Waals surface area (Å²) in [7, 11) is 3.81. The Hall–Kier alpha value is -2.22. The molecular formula is C25H37N5O2. The number of rotatable bonds is 6. The lowest BCUT2D eigenvalue weighted by atomic mass is 10.0. The maximum absolute atomic E-state index is 13.4. The Labute approximate surface area is 191 Å². The van der Waals surface area contributed by atoms with Crippen LogP contribution in [0.15, 0.2) is 30.3 Å². The number of piperidine rings is 1. The van der Waals surface area contributed by atoms with Crippen LogP contribution in [0, 0.1) is 13.8 Å². The molecule has 0 aliphatic carbocycles. The third-order valence-electron chi connectivity index (χ3n) is 7.31. The number of aryl methyl sites for hydroxylation is 2. The van der Waals surface area contributed by atoms with Crippen molar-refractivity contribution in [2.75, 3.05) is 26.7 Å². The first-order valence-electron chi connectivity index (χ1n) is 11.8. The number of nitrogens with zero attached hydrogens (tertiary/aromatic N) is 5. The van der Waals surface area contributed by atoms with E-state index in [2.05, 4.69) is 45.2 Å². The largest absolute Gasteiger partial charge is 0.392 e. The Bertz CT molecular complexity index is 920. The summed E-state index contributed by atoms with van der Waals surface area (Å²) in [5.41, 5.74) is 4.52. The zero-order valence-electron chi connectivity index (χ0n) is 19.9. The molecule has 0 bridgehead atoms. The standard InChI is InChI=1S/C25H37N5O2/c1-18-23(19(2)28(4)26-18)17-27(3)25(32)24-14-22(31)16-30(24)21-10-12-29(13-11-21)15-20-8-6-5-7-9-20/h5-9,21-22,24,31H,10-17H2,1-4H3/t22-,24+/m1/s1. The Kier molecular flexibility index (Phi) is 6.98. The second-order valence-electron chi connectivity index (χ2n) is 9.56. The number of benzene rings is 1. The number of aliphatic hydroxyl groups excluding tert-OH is 1. The van der Waals surface area contributed by atoms with Gasteiger partial charge in [-0.1, -0.05) is 30.3 Å². The second-order valence-corrected chi connectivity index (χ2v) is 9.56. The van der Waals surface area contributed by atoms with Crippen molar-refractivity contribution in [3.8, 4) is 0 Å². The summed E-state index contributed by atoms with van der Waals surface area (Å²) >= 11 is 0. The van der Waals surface area contributed by atoms with E-state index in [1.807, 2.05) is 37.5 Å². The molecule has 2 saturated heterocycles. The van der Waals surface area contributed by atoms with Crippen molar-refractivity contribution < 1.29 is 9.90 Å². The Morgan fingerprint density at radius 2 is 1.88 bits per heavy atom. The highest BCUT2D eigenvalue weighted by molar-refractivity contribution is 5.82. The quantitative estimate of drug-likeness (QED) is 0.747. The van der Waals surface area contributed by atoms with Gasteiger partial charge in [0.05, 0.1) is 17.8 Å². The van der Waals surface area contributed by atoms with Crippen molar-refractivity contribution in [3.63, 3.8) is 0 Å². The van der Waals surface area contributed by atoms with E-state index in [-0.39, 0.29) is 11.9 Å². The van der Waals surface area contributed by atoms with Crippen LogP contribution in [0.3, 0.4) is 0 Å². The molecule has 2 fully saturated rings. The number of aliphatic hydroxyl groups is 1. The van der Waals surface area contributed by atoms with E-state index in [1.165, 1.54) is 5.56 Å². The fourth-order valence-electron chi connectivity index (χ4n) is 5.35. The monoisotopic (exact) mass is 439 g/mol. The number of amides is 1. The van der Waals surface area contributed by atoms with E-state index in [0.717, 1.165) is 49.4 Å². The first-order valence-corrected chi connectivity index (χ1v) is 11.8. The summed E-state index contributed by atoms with van der Waals surface area (Å²) < 4.78 is 1.87. The number of hydrogen-bond acceptors (Lipinski definition) is 5. The molecule has 2 aromatic rings. The highest BCUT2D eigenvalue weighted by atomic mass is 16.3. The van der Waals surface area contributed by atoms with Gasteiger partial charge in [-0.25, -0.2) is 0 Å². The first kappa shape index (κ1) is 23.0. The van der Waals surface area contributed by atoms with Gasteiger partial charge in [0.1, 0.15) is 0 Å². The number of β-amino-alcohol motifs (C(OH)–C–C–N with tert-alkyl or cyclic N) is 1. The van der Waals surface area contributed by atoms with Crippen LogP contribution in [0.5, 0.6) is 0 Å². The third-order valence-corrected chi connectivity index (χ3v) is 7.31. The molecule has 7 nitrogen and oxygen atoms in total. The van der Waals surface area contributed by atoms with E-state index in [9.17, 15) is 9.90 Å². The molecule has 174 valence electrons. The number of likely N-dealkylation sites (tertiary alicyclic amines) is 2. The van der Waals surface area contributed by atoms with Crippen LogP contribution in [0.4, 0.5) is 0 Å². The van der Waals surface area contributed by atoms with Crippen LogP contribution in [-0.4, -0.2) is 80.4 Å². The van der Waals surface area contributed by atoms with Gasteiger partial charge < -0.3 is 10.0 Å². The van der Waals surface area contributed by atoms with E-state index >= 15 is 0 Å². The molecule has 2 atom stereocenters. The van der Waals surface area contributed by atoms with Crippen LogP contribution in [0.1, 0.15) is 41.8 Å². The number of carbonyl (C=O) groups excluding carboxylic acids is 1. The predicted molar refractivity (Wildman–Crippen MR) is 125 cm³/mol. The lowest BCUT2D eigenvalue weighted by Gasteiger charge is -2.39. The zero-order chi connectivity index (χ0) is 22.8. The van der Waals surface area contributed by atoms with E-state index < -0.39 is 6.10 Å². The average molecular weight is 440 g/mol. The fourth-order valence-corrected chi connectivity index (χ4v) is 5.35. The third kappa shape index (κ3) is 4.90. The smallest absolute Gasteiger partial charge is 0.240 e. The highest BCUT2D eigenvalue weighted by Crippen LogP contribution is 2.28. The Balaban J connectivity index is 1.37. The number of carbonyl (C=O) groups is 1. The lowest BCUT2D eigenvalue weighted by molar-refractivity contribution is -0.136. The van der Waals surface area contributed by atoms with Gasteiger partial charge in [0.25, 0.3) is 0 Å². The SMILES string of the molecule is Cc1nn(C)c(C)c1CN(C)C(=O)[C@@H]1C[C@@H](O)CN1C1CCN(Cc2ccccc2)CC1. The van der Waals surface area contributed by atoms with Gasteiger partial charge in [0.2, 0.25) is 5.91 Å². The minimum Gasteiger partial charge on any atom is -0.392 e. The van der Waals surface area contributed by atoms with Crippen molar-refractivity contribution in [2.24, 2.45) is 7.05 Å². The first-order chi connectivity index (χ1) is 15.3. The van der Waals surface area contributed by atoms with E-state index in [0.29, 0.717) is 25.6 Å². The van der Waals surface area contributed by atoms with Gasteiger partial charge >= 0.3 is 0 Å². The number of hydrogen-bond donors (Lipinski definition) is 1. The molecule has 1 aromatic carbocycles.